The fourth-order valence-electron chi connectivity index (χ4n) is 2.69. The van der Waals surface area contributed by atoms with Gasteiger partial charge in [-0.1, -0.05) is 24.3 Å². The van der Waals surface area contributed by atoms with Crippen LogP contribution in [0.2, 0.25) is 0 Å². The molecule has 2 aromatic carbocycles. The lowest BCUT2D eigenvalue weighted by Gasteiger charge is -2.11. The summed E-state index contributed by atoms with van der Waals surface area (Å²) in [6.45, 7) is 0.473. The molecule has 7 nitrogen and oxygen atoms in total. The number of hydrazone groups is 1. The standard InChI is InChI=1S/C18H17N3O4/c1-25-16-7-2-4-13(10-16)11-18(22)20-9-8-17(19-20)14-5-3-6-15(12-14)21(23)24/h2-7,10,12H,8-9,11H2,1H3. The van der Waals surface area contributed by atoms with Crippen molar-refractivity contribution in [3.63, 3.8) is 0 Å². The topological polar surface area (TPSA) is 85.0 Å². The summed E-state index contributed by atoms with van der Waals surface area (Å²) in [5, 5.41) is 16.7. The quantitative estimate of drug-likeness (QED) is 0.619. The van der Waals surface area contributed by atoms with Crippen LogP contribution in [0.4, 0.5) is 5.69 Å². The van der Waals surface area contributed by atoms with Crippen molar-refractivity contribution in [2.45, 2.75) is 12.8 Å². The molecule has 25 heavy (non-hydrogen) atoms. The zero-order chi connectivity index (χ0) is 17.8. The number of nitro groups is 1. The van der Waals surface area contributed by atoms with Gasteiger partial charge in [-0.15, -0.1) is 0 Å². The number of hydrogen-bond acceptors (Lipinski definition) is 5. The predicted molar refractivity (Wildman–Crippen MR) is 92.7 cm³/mol. The van der Waals surface area contributed by atoms with E-state index in [1.54, 1.807) is 19.2 Å². The molecular formula is C18H17N3O4. The first-order chi connectivity index (χ1) is 12.1. The van der Waals surface area contributed by atoms with E-state index < -0.39 is 4.92 Å². The molecule has 1 aliphatic heterocycles. The second-order valence-electron chi connectivity index (χ2n) is 5.65. The number of ether oxygens (including phenoxy) is 1. The number of nitro benzene ring substituents is 1. The van der Waals surface area contributed by atoms with E-state index in [4.69, 9.17) is 4.74 Å². The number of benzene rings is 2. The number of amides is 1. The zero-order valence-electron chi connectivity index (χ0n) is 13.7. The molecule has 0 fully saturated rings. The van der Waals surface area contributed by atoms with Crippen molar-refractivity contribution in [1.82, 2.24) is 5.01 Å². The van der Waals surface area contributed by atoms with E-state index >= 15 is 0 Å². The van der Waals surface area contributed by atoms with Gasteiger partial charge in [0.05, 0.1) is 30.7 Å². The van der Waals surface area contributed by atoms with Gasteiger partial charge >= 0.3 is 0 Å². The van der Waals surface area contributed by atoms with Crippen molar-refractivity contribution in [3.05, 3.63) is 69.8 Å². The Bertz CT molecular complexity index is 848. The first-order valence-electron chi connectivity index (χ1n) is 7.82. The molecule has 2 aromatic rings. The van der Waals surface area contributed by atoms with E-state index in [1.165, 1.54) is 17.1 Å². The van der Waals surface area contributed by atoms with Crippen molar-refractivity contribution < 1.29 is 14.5 Å². The highest BCUT2D eigenvalue weighted by atomic mass is 16.6. The molecule has 1 aliphatic rings. The van der Waals surface area contributed by atoms with Gasteiger partial charge in [-0.3, -0.25) is 14.9 Å². The lowest BCUT2D eigenvalue weighted by Crippen LogP contribution is -2.25. The molecular weight excluding hydrogens is 322 g/mol. The first kappa shape index (κ1) is 16.6. The molecule has 7 heteroatoms. The summed E-state index contributed by atoms with van der Waals surface area (Å²) in [5.74, 6) is 0.584. The fraction of sp³-hybridized carbons (Fsp3) is 0.222. The van der Waals surface area contributed by atoms with Gasteiger partial charge < -0.3 is 4.74 Å². The lowest BCUT2D eigenvalue weighted by atomic mass is 10.1. The summed E-state index contributed by atoms with van der Waals surface area (Å²) >= 11 is 0. The summed E-state index contributed by atoms with van der Waals surface area (Å²) in [6.07, 6.45) is 0.800. The summed E-state index contributed by atoms with van der Waals surface area (Å²) in [5.41, 5.74) is 2.22. The van der Waals surface area contributed by atoms with E-state index in [0.29, 0.717) is 30.0 Å². The highest BCUT2D eigenvalue weighted by Gasteiger charge is 2.22. The van der Waals surface area contributed by atoms with Crippen molar-refractivity contribution in [3.8, 4) is 5.75 Å². The molecule has 128 valence electrons. The van der Waals surface area contributed by atoms with Crippen LogP contribution in [-0.4, -0.2) is 35.2 Å². The van der Waals surface area contributed by atoms with Crippen LogP contribution in [0.1, 0.15) is 17.5 Å². The van der Waals surface area contributed by atoms with Crippen LogP contribution >= 0.6 is 0 Å². The van der Waals surface area contributed by atoms with Gasteiger partial charge in [0.15, 0.2) is 0 Å². The summed E-state index contributed by atoms with van der Waals surface area (Å²) in [4.78, 5) is 22.9. The minimum Gasteiger partial charge on any atom is -0.497 e. The highest BCUT2D eigenvalue weighted by molar-refractivity contribution is 6.03. The highest BCUT2D eigenvalue weighted by Crippen LogP contribution is 2.20. The van der Waals surface area contributed by atoms with Gasteiger partial charge in [-0.25, -0.2) is 5.01 Å². The van der Waals surface area contributed by atoms with Gasteiger partial charge in [0.25, 0.3) is 5.69 Å². The molecule has 0 aromatic heterocycles. The third kappa shape index (κ3) is 3.82. The smallest absolute Gasteiger partial charge is 0.270 e. The Morgan fingerprint density at radius 2 is 2.08 bits per heavy atom. The van der Waals surface area contributed by atoms with E-state index in [1.807, 2.05) is 24.3 Å². The monoisotopic (exact) mass is 339 g/mol. The summed E-state index contributed by atoms with van der Waals surface area (Å²) in [6, 6.07) is 13.6. The van der Waals surface area contributed by atoms with Crippen LogP contribution in [0.15, 0.2) is 53.6 Å². The van der Waals surface area contributed by atoms with Crippen molar-refractivity contribution in [2.24, 2.45) is 5.10 Å². The Morgan fingerprint density at radius 1 is 1.28 bits per heavy atom. The zero-order valence-corrected chi connectivity index (χ0v) is 13.7. The molecule has 0 unspecified atom stereocenters. The Hall–Kier alpha value is -3.22. The average Bonchev–Trinajstić information content (AvgIpc) is 3.12. The van der Waals surface area contributed by atoms with Crippen LogP contribution in [-0.2, 0) is 11.2 Å². The number of methoxy groups -OCH3 is 1. The number of carbonyl (C=O) groups excluding carboxylic acids is 1. The van der Waals surface area contributed by atoms with Crippen LogP contribution < -0.4 is 4.74 Å². The largest absolute Gasteiger partial charge is 0.497 e. The SMILES string of the molecule is COc1cccc(CC(=O)N2CCC(c3cccc([N+](=O)[O-])c3)=N2)c1. The molecule has 0 N–H and O–H groups in total. The van der Waals surface area contributed by atoms with Gasteiger partial charge in [0.1, 0.15) is 5.75 Å². The van der Waals surface area contributed by atoms with Crippen LogP contribution in [0.5, 0.6) is 5.75 Å². The molecule has 0 atom stereocenters. The van der Waals surface area contributed by atoms with Crippen LogP contribution in [0.25, 0.3) is 0 Å². The van der Waals surface area contributed by atoms with Crippen molar-refractivity contribution in [1.29, 1.82) is 0 Å². The molecule has 1 amide bonds. The Balaban J connectivity index is 1.73. The van der Waals surface area contributed by atoms with Crippen LogP contribution in [0, 0.1) is 10.1 Å². The molecule has 0 spiro atoms. The minimum absolute atomic E-state index is 0.0151. The summed E-state index contributed by atoms with van der Waals surface area (Å²) in [7, 11) is 1.58. The van der Waals surface area contributed by atoms with Gasteiger partial charge in [0.2, 0.25) is 5.91 Å². The maximum absolute atomic E-state index is 12.4. The average molecular weight is 339 g/mol. The molecule has 0 saturated carbocycles. The molecule has 0 bridgehead atoms. The molecule has 0 saturated heterocycles. The third-order valence-electron chi connectivity index (χ3n) is 3.97. The van der Waals surface area contributed by atoms with Crippen LogP contribution in [0.3, 0.4) is 0 Å². The summed E-state index contributed by atoms with van der Waals surface area (Å²) < 4.78 is 5.16. The van der Waals surface area contributed by atoms with Gasteiger partial charge in [-0.2, -0.15) is 5.10 Å². The minimum atomic E-state index is -0.440. The van der Waals surface area contributed by atoms with E-state index in [2.05, 4.69) is 5.10 Å². The van der Waals surface area contributed by atoms with Crippen molar-refractivity contribution in [2.75, 3.05) is 13.7 Å². The Kier molecular flexibility index (Phi) is 4.74. The number of nitrogens with zero attached hydrogens (tertiary/aromatic N) is 3. The Morgan fingerprint density at radius 3 is 2.84 bits per heavy atom. The van der Waals surface area contributed by atoms with Crippen molar-refractivity contribution >= 4 is 17.3 Å². The second-order valence-corrected chi connectivity index (χ2v) is 5.65. The van der Waals surface area contributed by atoms with E-state index in [-0.39, 0.29) is 18.0 Å². The van der Waals surface area contributed by atoms with Gasteiger partial charge in [0, 0.05) is 24.1 Å². The third-order valence-corrected chi connectivity index (χ3v) is 3.97. The van der Waals surface area contributed by atoms with E-state index in [0.717, 1.165) is 5.56 Å². The number of carbonyl (C=O) groups is 1. The van der Waals surface area contributed by atoms with E-state index in [9.17, 15) is 14.9 Å². The Labute approximate surface area is 144 Å². The van der Waals surface area contributed by atoms with Gasteiger partial charge in [-0.05, 0) is 17.7 Å². The lowest BCUT2D eigenvalue weighted by molar-refractivity contribution is -0.384. The normalized spacial score (nSPS) is 13.5. The molecule has 0 radical (unpaired) electrons. The molecule has 3 rings (SSSR count). The number of rotatable bonds is 5. The first-order valence-corrected chi connectivity index (χ1v) is 7.82. The fourth-order valence-corrected chi connectivity index (χ4v) is 2.69. The predicted octanol–water partition coefficient (Wildman–Crippen LogP) is 2.78. The number of hydrogen-bond donors (Lipinski definition) is 0. The second kappa shape index (κ2) is 7.12. The molecule has 0 aliphatic carbocycles. The maximum atomic E-state index is 12.4. The number of non-ortho nitro benzene ring substituents is 1. The molecule has 1 heterocycles. The maximum Gasteiger partial charge on any atom is 0.270 e.